The van der Waals surface area contributed by atoms with Crippen LogP contribution in [0.5, 0.6) is 0 Å². The minimum Gasteiger partial charge on any atom is -0.311 e. The monoisotopic (exact) mass is 785 g/mol. The molecule has 0 bridgehead atoms. The zero-order valence-electron chi connectivity index (χ0n) is 34.1. The minimum atomic E-state index is -0.264. The molecule has 0 spiro atoms. The maximum absolute atomic E-state index is 4.58. The van der Waals surface area contributed by atoms with E-state index in [4.69, 9.17) is 0 Å². The van der Waals surface area contributed by atoms with Gasteiger partial charge in [0.1, 0.15) is 0 Å². The fourth-order valence-corrected chi connectivity index (χ4v) is 9.32. The molecule has 0 aliphatic carbocycles. The summed E-state index contributed by atoms with van der Waals surface area (Å²) in [6.07, 6.45) is 3.91. The Balaban J connectivity index is 1.07. The number of hydrogen-bond donors (Lipinski definition) is 0. The van der Waals surface area contributed by atoms with Crippen LogP contribution in [0.1, 0.15) is 25.0 Å². The van der Waals surface area contributed by atoms with Gasteiger partial charge in [0.25, 0.3) is 0 Å². The molecule has 1 aliphatic rings. The Morgan fingerprint density at radius 2 is 0.787 bits per heavy atom. The summed E-state index contributed by atoms with van der Waals surface area (Å²) in [5.41, 5.74) is 15.7. The molecule has 0 N–H and O–H groups in total. The van der Waals surface area contributed by atoms with Gasteiger partial charge in [-0.3, -0.25) is 4.98 Å². The molecule has 0 saturated carbocycles. The summed E-state index contributed by atoms with van der Waals surface area (Å²) in [5.74, 6) is 0. The van der Waals surface area contributed by atoms with Crippen molar-refractivity contribution in [3.63, 3.8) is 0 Å². The molecule has 0 saturated heterocycles. The molecule has 0 unspecified atom stereocenters. The van der Waals surface area contributed by atoms with Crippen LogP contribution in [0.2, 0.25) is 0 Å². The third-order valence-electron chi connectivity index (χ3n) is 12.2. The van der Waals surface area contributed by atoms with Crippen molar-refractivity contribution < 1.29 is 0 Å². The van der Waals surface area contributed by atoms with Crippen LogP contribution in [0.15, 0.2) is 225 Å². The molecule has 0 amide bonds. The Morgan fingerprint density at radius 1 is 0.377 bits per heavy atom. The van der Waals surface area contributed by atoms with Gasteiger partial charge in [0.15, 0.2) is 0 Å². The van der Waals surface area contributed by atoms with Gasteiger partial charge in [-0.1, -0.05) is 105 Å². The van der Waals surface area contributed by atoms with Crippen LogP contribution in [0.4, 0.5) is 51.2 Å². The normalized spacial score (nSPS) is 12.6. The molecule has 0 atom stereocenters. The number of para-hydroxylation sites is 5. The number of pyridine rings is 1. The Morgan fingerprint density at radius 3 is 1.25 bits per heavy atom. The number of nitrogens with zero attached hydrogens (tertiary/aromatic N) is 5. The number of fused-ring (bicyclic) bond motifs is 5. The molecule has 1 aliphatic heterocycles. The Kier molecular flexibility index (Phi) is 8.75. The number of benzene rings is 8. The van der Waals surface area contributed by atoms with Gasteiger partial charge in [-0.25, -0.2) is 0 Å². The zero-order valence-corrected chi connectivity index (χ0v) is 34.1. The number of hydrogen-bond acceptors (Lipinski definition) is 4. The maximum atomic E-state index is 4.58. The molecule has 3 heterocycles. The van der Waals surface area contributed by atoms with E-state index in [2.05, 4.69) is 250 Å². The van der Waals surface area contributed by atoms with E-state index in [-0.39, 0.29) is 5.41 Å². The van der Waals surface area contributed by atoms with E-state index in [0.29, 0.717) is 0 Å². The summed E-state index contributed by atoms with van der Waals surface area (Å²) in [6, 6.07) is 76.1. The summed E-state index contributed by atoms with van der Waals surface area (Å²) in [6.45, 7) is 4.72. The molecule has 292 valence electrons. The summed E-state index contributed by atoms with van der Waals surface area (Å²) in [7, 11) is 0. The van der Waals surface area contributed by atoms with Crippen LogP contribution in [0, 0.1) is 0 Å². The minimum absolute atomic E-state index is 0.264. The van der Waals surface area contributed by atoms with Crippen LogP contribution >= 0.6 is 0 Å². The van der Waals surface area contributed by atoms with Crippen molar-refractivity contribution in [2.45, 2.75) is 19.3 Å². The van der Waals surface area contributed by atoms with E-state index in [1.165, 1.54) is 33.1 Å². The largest absolute Gasteiger partial charge is 0.311 e. The van der Waals surface area contributed by atoms with E-state index < -0.39 is 0 Å². The van der Waals surface area contributed by atoms with Gasteiger partial charge >= 0.3 is 0 Å². The third kappa shape index (κ3) is 6.13. The number of anilines is 9. The van der Waals surface area contributed by atoms with E-state index in [1.54, 1.807) is 0 Å². The van der Waals surface area contributed by atoms with E-state index in [9.17, 15) is 0 Å². The number of rotatable bonds is 9. The van der Waals surface area contributed by atoms with Crippen LogP contribution < -0.4 is 14.7 Å². The SMILES string of the molecule is CC1(C)c2cc(N(c3ccc(N(c4ccccc4)c4ccccc4)cc3)c3ccc(N(c4ccccc4)c4ccccc4)cc3)ccc2-n2c3cnccc3c3cccc1c32. The first-order valence-electron chi connectivity index (χ1n) is 20.9. The average molecular weight is 786 g/mol. The second kappa shape index (κ2) is 14.7. The highest BCUT2D eigenvalue weighted by molar-refractivity contribution is 6.11. The lowest BCUT2D eigenvalue weighted by molar-refractivity contribution is 0.630. The van der Waals surface area contributed by atoms with Crippen molar-refractivity contribution in [3.05, 3.63) is 236 Å². The molecule has 0 radical (unpaired) electrons. The molecule has 10 aromatic rings. The Bertz CT molecular complexity index is 2940. The molecule has 8 aromatic carbocycles. The standard InChI is InChI=1S/C56H43N5/c1-56(2)51-25-15-24-50-49-36-37-57-39-54(49)61(55(50)51)53-35-34-48(38-52(53)56)60(46-30-26-44(27-31-46)58(40-16-7-3-8-17-40)41-18-9-4-10-19-41)47-32-28-45(29-33-47)59(42-20-11-5-12-21-42)43-22-13-6-14-23-43/h3-39H,1-2H3. The topological polar surface area (TPSA) is 27.5 Å². The second-order valence-electron chi connectivity index (χ2n) is 16.1. The summed E-state index contributed by atoms with van der Waals surface area (Å²) in [5, 5.41) is 2.49. The summed E-state index contributed by atoms with van der Waals surface area (Å²) < 4.78 is 2.43. The van der Waals surface area contributed by atoms with E-state index in [0.717, 1.165) is 56.7 Å². The molecule has 11 rings (SSSR count). The molecule has 5 heteroatoms. The van der Waals surface area contributed by atoms with Crippen LogP contribution in [-0.4, -0.2) is 9.55 Å². The first-order valence-corrected chi connectivity index (χ1v) is 20.9. The van der Waals surface area contributed by atoms with Gasteiger partial charge in [-0.15, -0.1) is 0 Å². The first-order chi connectivity index (χ1) is 30.0. The van der Waals surface area contributed by atoms with Crippen molar-refractivity contribution in [2.24, 2.45) is 0 Å². The molecule has 2 aromatic heterocycles. The van der Waals surface area contributed by atoms with Crippen molar-refractivity contribution in [3.8, 4) is 5.69 Å². The van der Waals surface area contributed by atoms with Crippen molar-refractivity contribution in [2.75, 3.05) is 14.7 Å². The van der Waals surface area contributed by atoms with Gasteiger partial charge in [0.05, 0.1) is 22.9 Å². The third-order valence-corrected chi connectivity index (χ3v) is 12.2. The quantitative estimate of drug-likeness (QED) is 0.146. The molecule has 0 fully saturated rings. The van der Waals surface area contributed by atoms with Crippen LogP contribution in [0.3, 0.4) is 0 Å². The van der Waals surface area contributed by atoms with Gasteiger partial charge < -0.3 is 19.3 Å². The van der Waals surface area contributed by atoms with Crippen LogP contribution in [0.25, 0.3) is 27.5 Å². The second-order valence-corrected chi connectivity index (χ2v) is 16.1. The van der Waals surface area contributed by atoms with Crippen LogP contribution in [-0.2, 0) is 5.41 Å². The van der Waals surface area contributed by atoms with Crippen molar-refractivity contribution >= 4 is 73.0 Å². The highest BCUT2D eigenvalue weighted by Crippen LogP contribution is 2.50. The van der Waals surface area contributed by atoms with E-state index >= 15 is 0 Å². The average Bonchev–Trinajstić information content (AvgIpc) is 3.66. The lowest BCUT2D eigenvalue weighted by Crippen LogP contribution is -2.26. The first kappa shape index (κ1) is 36.2. The highest BCUT2D eigenvalue weighted by Gasteiger charge is 2.36. The van der Waals surface area contributed by atoms with E-state index in [1.807, 2.05) is 12.4 Å². The van der Waals surface area contributed by atoms with Gasteiger partial charge in [0.2, 0.25) is 0 Å². The predicted octanol–water partition coefficient (Wildman–Crippen LogP) is 15.2. The lowest BCUT2D eigenvalue weighted by atomic mass is 9.74. The van der Waals surface area contributed by atoms with Gasteiger partial charge in [-0.05, 0) is 132 Å². The molecular weight excluding hydrogens is 743 g/mol. The Labute approximate surface area is 356 Å². The maximum Gasteiger partial charge on any atom is 0.0724 e. The number of aromatic nitrogens is 2. The fourth-order valence-electron chi connectivity index (χ4n) is 9.32. The van der Waals surface area contributed by atoms with Gasteiger partial charge in [0, 0.05) is 73.6 Å². The molecule has 61 heavy (non-hydrogen) atoms. The predicted molar refractivity (Wildman–Crippen MR) is 255 cm³/mol. The fraction of sp³-hybridized carbons (Fsp3) is 0.0536. The smallest absolute Gasteiger partial charge is 0.0724 e. The summed E-state index contributed by atoms with van der Waals surface area (Å²) in [4.78, 5) is 11.6. The summed E-state index contributed by atoms with van der Waals surface area (Å²) >= 11 is 0. The Hall–Kier alpha value is -7.89. The van der Waals surface area contributed by atoms with Crippen molar-refractivity contribution in [1.29, 1.82) is 0 Å². The van der Waals surface area contributed by atoms with Gasteiger partial charge in [-0.2, -0.15) is 0 Å². The molecule has 5 nitrogen and oxygen atoms in total. The lowest BCUT2D eigenvalue weighted by Gasteiger charge is -2.36. The molecular formula is C56H43N5. The van der Waals surface area contributed by atoms with Crippen molar-refractivity contribution in [1.82, 2.24) is 9.55 Å². The zero-order chi connectivity index (χ0) is 40.9. The highest BCUT2D eigenvalue weighted by atomic mass is 15.2.